The van der Waals surface area contributed by atoms with Crippen molar-refractivity contribution in [2.24, 2.45) is 0 Å². The fraction of sp³-hybridized carbons (Fsp3) is 0.667. The van der Waals surface area contributed by atoms with E-state index in [-0.39, 0.29) is 5.91 Å². The van der Waals surface area contributed by atoms with E-state index in [1.165, 1.54) is 0 Å². The molecule has 1 unspecified atom stereocenters. The number of nitrogens with zero attached hydrogens (tertiary/aromatic N) is 4. The molecule has 84 valence electrons. The number of hydrogen-bond acceptors (Lipinski definition) is 3. The highest BCUT2D eigenvalue weighted by atomic mass is 35.5. The highest BCUT2D eigenvalue weighted by molar-refractivity contribution is 6.30. The van der Waals surface area contributed by atoms with Gasteiger partial charge in [0, 0.05) is 13.6 Å². The molecule has 1 aromatic heterocycles. The van der Waals surface area contributed by atoms with Crippen LogP contribution in [0.5, 0.6) is 0 Å². The number of halogens is 1. The maximum atomic E-state index is 11.5. The second kappa shape index (κ2) is 5.11. The van der Waals surface area contributed by atoms with E-state index in [2.05, 4.69) is 10.3 Å². The summed E-state index contributed by atoms with van der Waals surface area (Å²) < 4.78 is 1.72. The van der Waals surface area contributed by atoms with E-state index in [0.717, 1.165) is 12.2 Å². The van der Waals surface area contributed by atoms with Gasteiger partial charge in [0.05, 0.1) is 12.7 Å². The number of alkyl halides is 1. The standard InChI is InChI=1S/C9H15ClN4O/c1-4-14-6-8(11-12-14)5-13(3)9(15)7(2)10/h6-7H,4-5H2,1-3H3. The molecule has 0 aliphatic heterocycles. The molecule has 0 bridgehead atoms. The molecule has 1 amide bonds. The van der Waals surface area contributed by atoms with Gasteiger partial charge in [0.15, 0.2) is 0 Å². The van der Waals surface area contributed by atoms with Crippen LogP contribution in [0.25, 0.3) is 0 Å². The molecule has 5 nitrogen and oxygen atoms in total. The van der Waals surface area contributed by atoms with Crippen LogP contribution in [0.2, 0.25) is 0 Å². The summed E-state index contributed by atoms with van der Waals surface area (Å²) in [6, 6.07) is 0. The Balaban J connectivity index is 2.58. The van der Waals surface area contributed by atoms with Gasteiger partial charge in [-0.2, -0.15) is 0 Å². The van der Waals surface area contributed by atoms with Gasteiger partial charge in [-0.15, -0.1) is 16.7 Å². The average Bonchev–Trinajstić information content (AvgIpc) is 2.64. The molecule has 1 heterocycles. The summed E-state index contributed by atoms with van der Waals surface area (Å²) in [5.41, 5.74) is 0.769. The zero-order valence-corrected chi connectivity index (χ0v) is 9.90. The molecule has 0 radical (unpaired) electrons. The summed E-state index contributed by atoms with van der Waals surface area (Å²) in [4.78, 5) is 13.0. The SMILES string of the molecule is CCn1cc(CN(C)C(=O)C(C)Cl)nn1. The van der Waals surface area contributed by atoms with Crippen LogP contribution in [0.4, 0.5) is 0 Å². The summed E-state index contributed by atoms with van der Waals surface area (Å²) in [5.74, 6) is -0.109. The number of aromatic nitrogens is 3. The topological polar surface area (TPSA) is 51.0 Å². The van der Waals surface area contributed by atoms with Crippen LogP contribution < -0.4 is 0 Å². The lowest BCUT2D eigenvalue weighted by molar-refractivity contribution is -0.129. The maximum absolute atomic E-state index is 11.5. The van der Waals surface area contributed by atoms with Crippen molar-refractivity contribution in [2.75, 3.05) is 7.05 Å². The van der Waals surface area contributed by atoms with Crippen molar-refractivity contribution in [3.63, 3.8) is 0 Å². The maximum Gasteiger partial charge on any atom is 0.240 e. The van der Waals surface area contributed by atoms with E-state index >= 15 is 0 Å². The van der Waals surface area contributed by atoms with Gasteiger partial charge in [0.25, 0.3) is 0 Å². The molecule has 0 saturated heterocycles. The molecule has 6 heteroatoms. The number of amides is 1. The van der Waals surface area contributed by atoms with Crippen molar-refractivity contribution >= 4 is 17.5 Å². The summed E-state index contributed by atoms with van der Waals surface area (Å²) >= 11 is 5.69. The van der Waals surface area contributed by atoms with Crippen LogP contribution in [-0.4, -0.2) is 38.2 Å². The van der Waals surface area contributed by atoms with Crippen molar-refractivity contribution in [3.8, 4) is 0 Å². The lowest BCUT2D eigenvalue weighted by atomic mass is 10.3. The van der Waals surface area contributed by atoms with Crippen molar-refractivity contribution in [1.29, 1.82) is 0 Å². The van der Waals surface area contributed by atoms with E-state index in [0.29, 0.717) is 6.54 Å². The van der Waals surface area contributed by atoms with E-state index in [4.69, 9.17) is 11.6 Å². The Kier molecular flexibility index (Phi) is 4.08. The highest BCUT2D eigenvalue weighted by Gasteiger charge is 2.15. The normalized spacial score (nSPS) is 12.5. The third kappa shape index (κ3) is 3.20. The molecule has 0 N–H and O–H groups in total. The van der Waals surface area contributed by atoms with Crippen molar-refractivity contribution in [3.05, 3.63) is 11.9 Å². The van der Waals surface area contributed by atoms with Gasteiger partial charge in [-0.25, -0.2) is 0 Å². The first kappa shape index (κ1) is 12.0. The molecule has 1 rings (SSSR count). The Hall–Kier alpha value is -1.10. The first-order valence-electron chi connectivity index (χ1n) is 4.82. The first-order chi connectivity index (χ1) is 7.04. The van der Waals surface area contributed by atoms with Crippen molar-refractivity contribution in [2.45, 2.75) is 32.3 Å². The van der Waals surface area contributed by atoms with Gasteiger partial charge in [0.2, 0.25) is 5.91 Å². The summed E-state index contributed by atoms with van der Waals surface area (Å²) in [6.45, 7) is 4.85. The number of carbonyl (C=O) groups is 1. The molecule has 0 aliphatic carbocycles. The van der Waals surface area contributed by atoms with Gasteiger partial charge < -0.3 is 4.90 Å². The van der Waals surface area contributed by atoms with Gasteiger partial charge in [-0.1, -0.05) is 5.21 Å². The zero-order chi connectivity index (χ0) is 11.4. The van der Waals surface area contributed by atoms with Crippen LogP contribution >= 0.6 is 11.6 Å². The van der Waals surface area contributed by atoms with Crippen LogP contribution in [0.1, 0.15) is 19.5 Å². The highest BCUT2D eigenvalue weighted by Crippen LogP contribution is 2.04. The predicted octanol–water partition coefficient (Wildman–Crippen LogP) is 0.884. The zero-order valence-electron chi connectivity index (χ0n) is 9.14. The molecule has 0 aliphatic rings. The number of hydrogen-bond donors (Lipinski definition) is 0. The van der Waals surface area contributed by atoms with Gasteiger partial charge >= 0.3 is 0 Å². The third-order valence-corrected chi connectivity index (χ3v) is 2.21. The van der Waals surface area contributed by atoms with Crippen molar-refractivity contribution in [1.82, 2.24) is 19.9 Å². The van der Waals surface area contributed by atoms with E-state index in [1.807, 2.05) is 13.1 Å². The van der Waals surface area contributed by atoms with E-state index in [1.54, 1.807) is 23.6 Å². The van der Waals surface area contributed by atoms with Crippen LogP contribution in [0.3, 0.4) is 0 Å². The fourth-order valence-electron chi connectivity index (χ4n) is 1.19. The minimum Gasteiger partial charge on any atom is -0.338 e. The Morgan fingerprint density at radius 1 is 1.73 bits per heavy atom. The van der Waals surface area contributed by atoms with Gasteiger partial charge in [0.1, 0.15) is 11.1 Å². The molecule has 15 heavy (non-hydrogen) atoms. The molecular weight excluding hydrogens is 216 g/mol. The quantitative estimate of drug-likeness (QED) is 0.722. The minimum absolute atomic E-state index is 0.109. The Labute approximate surface area is 94.0 Å². The number of carbonyl (C=O) groups excluding carboxylic acids is 1. The molecule has 0 fully saturated rings. The summed E-state index contributed by atoms with van der Waals surface area (Å²) in [5, 5.41) is 7.33. The Morgan fingerprint density at radius 3 is 2.87 bits per heavy atom. The largest absolute Gasteiger partial charge is 0.338 e. The average molecular weight is 231 g/mol. The van der Waals surface area contributed by atoms with Gasteiger partial charge in [-0.3, -0.25) is 9.48 Å². The van der Waals surface area contributed by atoms with Crippen LogP contribution in [0.15, 0.2) is 6.20 Å². The smallest absolute Gasteiger partial charge is 0.240 e. The summed E-state index contributed by atoms with van der Waals surface area (Å²) in [7, 11) is 1.70. The molecule has 1 atom stereocenters. The first-order valence-corrected chi connectivity index (χ1v) is 5.26. The van der Waals surface area contributed by atoms with Crippen molar-refractivity contribution < 1.29 is 4.79 Å². The number of rotatable bonds is 4. The lowest BCUT2D eigenvalue weighted by Gasteiger charge is -2.16. The minimum atomic E-state index is -0.503. The molecule has 1 aromatic rings. The second-order valence-corrected chi connectivity index (χ2v) is 4.03. The monoisotopic (exact) mass is 230 g/mol. The van der Waals surface area contributed by atoms with Gasteiger partial charge in [-0.05, 0) is 13.8 Å². The second-order valence-electron chi connectivity index (χ2n) is 3.38. The van der Waals surface area contributed by atoms with E-state index in [9.17, 15) is 4.79 Å². The number of aryl methyl sites for hydroxylation is 1. The molecule has 0 spiro atoms. The predicted molar refractivity (Wildman–Crippen MR) is 57.5 cm³/mol. The molecule has 0 aromatic carbocycles. The third-order valence-electron chi connectivity index (χ3n) is 2.03. The van der Waals surface area contributed by atoms with Crippen LogP contribution in [0, 0.1) is 0 Å². The van der Waals surface area contributed by atoms with E-state index < -0.39 is 5.38 Å². The fourth-order valence-corrected chi connectivity index (χ4v) is 1.36. The Morgan fingerprint density at radius 2 is 2.40 bits per heavy atom. The molecular formula is C9H15ClN4O. The van der Waals surface area contributed by atoms with Crippen LogP contribution in [-0.2, 0) is 17.9 Å². The molecule has 0 saturated carbocycles. The lowest BCUT2D eigenvalue weighted by Crippen LogP contribution is -2.31. The Bertz CT molecular complexity index is 337. The summed E-state index contributed by atoms with van der Waals surface area (Å²) in [6.07, 6.45) is 1.82.